The van der Waals surface area contributed by atoms with Gasteiger partial charge in [-0.3, -0.25) is 0 Å². The van der Waals surface area contributed by atoms with E-state index >= 15 is 0 Å². The zero-order valence-electron chi connectivity index (χ0n) is 13.2. The van der Waals surface area contributed by atoms with Crippen molar-refractivity contribution in [3.8, 4) is 0 Å². The van der Waals surface area contributed by atoms with Gasteiger partial charge in [-0.1, -0.05) is 56.3 Å². The van der Waals surface area contributed by atoms with Crippen LogP contribution in [-0.2, 0) is 12.0 Å². The highest BCUT2D eigenvalue weighted by atomic mass is 16.3. The Kier molecular flexibility index (Phi) is 5.03. The molecule has 1 atom stereocenters. The van der Waals surface area contributed by atoms with Crippen LogP contribution in [0.5, 0.6) is 0 Å². The van der Waals surface area contributed by atoms with Gasteiger partial charge in [0.05, 0.1) is 12.1 Å². The molecule has 2 heteroatoms. The van der Waals surface area contributed by atoms with Crippen molar-refractivity contribution in [2.24, 2.45) is 0 Å². The summed E-state index contributed by atoms with van der Waals surface area (Å²) < 4.78 is 0. The van der Waals surface area contributed by atoms with Gasteiger partial charge in [0.1, 0.15) is 0 Å². The minimum atomic E-state index is -0.432. The van der Waals surface area contributed by atoms with Crippen molar-refractivity contribution in [2.45, 2.75) is 39.2 Å². The van der Waals surface area contributed by atoms with E-state index in [2.05, 4.69) is 62.5 Å². The molecule has 0 saturated heterocycles. The lowest BCUT2D eigenvalue weighted by Gasteiger charge is -2.34. The summed E-state index contributed by atoms with van der Waals surface area (Å²) in [4.78, 5) is 0. The van der Waals surface area contributed by atoms with Crippen molar-refractivity contribution in [3.63, 3.8) is 0 Å². The number of nitrogens with one attached hydrogen (secondary N) is 1. The Balaban J connectivity index is 2.37. The Labute approximate surface area is 127 Å². The van der Waals surface area contributed by atoms with Gasteiger partial charge in [0.15, 0.2) is 0 Å². The first-order valence-corrected chi connectivity index (χ1v) is 7.69. The van der Waals surface area contributed by atoms with E-state index in [9.17, 15) is 5.11 Å². The second-order valence-electron chi connectivity index (χ2n) is 5.58. The van der Waals surface area contributed by atoms with Crippen LogP contribution in [0.4, 0.5) is 5.69 Å². The Morgan fingerprint density at radius 1 is 1.00 bits per heavy atom. The second kappa shape index (κ2) is 6.77. The summed E-state index contributed by atoms with van der Waals surface area (Å²) in [5, 5.41) is 13.6. The van der Waals surface area contributed by atoms with Crippen molar-refractivity contribution in [2.75, 3.05) is 11.9 Å². The van der Waals surface area contributed by atoms with Crippen LogP contribution in [0.25, 0.3) is 0 Å². The number of aryl methyl sites for hydroxylation is 2. The van der Waals surface area contributed by atoms with E-state index in [-0.39, 0.29) is 6.61 Å². The molecule has 0 amide bonds. The molecule has 2 N–H and O–H groups in total. The van der Waals surface area contributed by atoms with Crippen molar-refractivity contribution in [1.29, 1.82) is 0 Å². The maximum absolute atomic E-state index is 10.0. The Bertz CT molecular complexity index is 570. The topological polar surface area (TPSA) is 32.3 Å². The SMILES string of the molecule is CCc1ccc(C(CC)(CO)Nc2ccccc2C)cc1. The first-order chi connectivity index (χ1) is 10.1. The van der Waals surface area contributed by atoms with E-state index in [1.807, 2.05) is 12.1 Å². The minimum Gasteiger partial charge on any atom is -0.394 e. The normalized spacial score (nSPS) is 13.7. The van der Waals surface area contributed by atoms with Gasteiger partial charge in [-0.25, -0.2) is 0 Å². The highest BCUT2D eigenvalue weighted by Crippen LogP contribution is 2.31. The Morgan fingerprint density at radius 2 is 1.67 bits per heavy atom. The number of hydrogen-bond acceptors (Lipinski definition) is 2. The van der Waals surface area contributed by atoms with Crippen molar-refractivity contribution in [1.82, 2.24) is 0 Å². The largest absolute Gasteiger partial charge is 0.394 e. The smallest absolute Gasteiger partial charge is 0.0854 e. The van der Waals surface area contributed by atoms with Crippen LogP contribution < -0.4 is 5.32 Å². The van der Waals surface area contributed by atoms with Crippen molar-refractivity contribution >= 4 is 5.69 Å². The molecule has 2 nitrogen and oxygen atoms in total. The van der Waals surface area contributed by atoms with Gasteiger partial charge in [-0.05, 0) is 42.5 Å². The lowest BCUT2D eigenvalue weighted by Crippen LogP contribution is -2.38. The van der Waals surface area contributed by atoms with E-state index in [0.29, 0.717) is 0 Å². The molecule has 0 aliphatic carbocycles. The fourth-order valence-electron chi connectivity index (χ4n) is 2.64. The number of rotatable bonds is 6. The zero-order chi connectivity index (χ0) is 15.3. The van der Waals surface area contributed by atoms with Crippen LogP contribution in [0.15, 0.2) is 48.5 Å². The van der Waals surface area contributed by atoms with Gasteiger partial charge in [0.2, 0.25) is 0 Å². The molecule has 2 aromatic rings. The predicted molar refractivity (Wildman–Crippen MR) is 89.7 cm³/mol. The molecule has 0 saturated carbocycles. The summed E-state index contributed by atoms with van der Waals surface area (Å²) in [6.45, 7) is 6.42. The predicted octanol–water partition coefficient (Wildman–Crippen LogP) is 4.27. The summed E-state index contributed by atoms with van der Waals surface area (Å²) >= 11 is 0. The van der Waals surface area contributed by atoms with Crippen LogP contribution in [0.2, 0.25) is 0 Å². The molecule has 2 rings (SSSR count). The Morgan fingerprint density at radius 3 is 2.19 bits per heavy atom. The number of benzene rings is 2. The van der Waals surface area contributed by atoms with Gasteiger partial charge < -0.3 is 10.4 Å². The van der Waals surface area contributed by atoms with E-state index in [0.717, 1.165) is 24.1 Å². The molecule has 21 heavy (non-hydrogen) atoms. The van der Waals surface area contributed by atoms with Gasteiger partial charge in [-0.15, -0.1) is 0 Å². The average Bonchev–Trinajstić information content (AvgIpc) is 2.55. The summed E-state index contributed by atoms with van der Waals surface area (Å²) in [5.74, 6) is 0. The molecule has 112 valence electrons. The summed E-state index contributed by atoms with van der Waals surface area (Å²) in [6, 6.07) is 16.8. The zero-order valence-corrected chi connectivity index (χ0v) is 13.2. The first-order valence-electron chi connectivity index (χ1n) is 7.69. The quantitative estimate of drug-likeness (QED) is 0.830. The van der Waals surface area contributed by atoms with Crippen LogP contribution in [-0.4, -0.2) is 11.7 Å². The number of para-hydroxylation sites is 1. The molecular weight excluding hydrogens is 258 g/mol. The van der Waals surface area contributed by atoms with Crippen molar-refractivity contribution in [3.05, 3.63) is 65.2 Å². The number of hydrogen-bond donors (Lipinski definition) is 2. The van der Waals surface area contributed by atoms with Crippen molar-refractivity contribution < 1.29 is 5.11 Å². The van der Waals surface area contributed by atoms with Gasteiger partial charge in [-0.2, -0.15) is 0 Å². The second-order valence-corrected chi connectivity index (χ2v) is 5.58. The third-order valence-electron chi connectivity index (χ3n) is 4.31. The molecule has 0 spiro atoms. The summed E-state index contributed by atoms with van der Waals surface area (Å²) in [6.07, 6.45) is 1.85. The molecule has 0 radical (unpaired) electrons. The monoisotopic (exact) mass is 283 g/mol. The fraction of sp³-hybridized carbons (Fsp3) is 0.368. The third-order valence-corrected chi connectivity index (χ3v) is 4.31. The van der Waals surface area contributed by atoms with E-state index in [4.69, 9.17) is 0 Å². The first kappa shape index (κ1) is 15.6. The van der Waals surface area contributed by atoms with Crippen LogP contribution >= 0.6 is 0 Å². The van der Waals surface area contributed by atoms with E-state index in [1.54, 1.807) is 0 Å². The standard InChI is InChI=1S/C19H25NO/c1-4-16-10-12-17(13-11-16)19(5-2,14-21)20-18-9-7-6-8-15(18)3/h6-13,20-21H,4-5,14H2,1-3H3. The highest BCUT2D eigenvalue weighted by molar-refractivity contribution is 5.54. The Hall–Kier alpha value is -1.80. The summed E-state index contributed by atoms with van der Waals surface area (Å²) in [7, 11) is 0. The van der Waals surface area contributed by atoms with Crippen LogP contribution in [0, 0.1) is 6.92 Å². The van der Waals surface area contributed by atoms with Gasteiger partial charge in [0.25, 0.3) is 0 Å². The lowest BCUT2D eigenvalue weighted by atomic mass is 9.86. The maximum Gasteiger partial charge on any atom is 0.0854 e. The third kappa shape index (κ3) is 3.27. The molecule has 2 aromatic carbocycles. The summed E-state index contributed by atoms with van der Waals surface area (Å²) in [5.41, 5.74) is 4.28. The molecule has 1 unspecified atom stereocenters. The molecular formula is C19H25NO. The number of anilines is 1. The van der Waals surface area contributed by atoms with Crippen LogP contribution in [0.1, 0.15) is 37.0 Å². The average molecular weight is 283 g/mol. The maximum atomic E-state index is 10.0. The molecule has 0 fully saturated rings. The van der Waals surface area contributed by atoms with E-state index < -0.39 is 5.54 Å². The number of aliphatic hydroxyl groups is 1. The number of aliphatic hydroxyl groups excluding tert-OH is 1. The minimum absolute atomic E-state index is 0.0727. The van der Waals surface area contributed by atoms with E-state index in [1.165, 1.54) is 11.1 Å². The molecule has 0 aliphatic heterocycles. The van der Waals surface area contributed by atoms with Gasteiger partial charge in [0, 0.05) is 5.69 Å². The van der Waals surface area contributed by atoms with Gasteiger partial charge >= 0.3 is 0 Å². The van der Waals surface area contributed by atoms with Crippen LogP contribution in [0.3, 0.4) is 0 Å². The molecule has 0 bridgehead atoms. The molecule has 0 aliphatic rings. The molecule has 0 heterocycles. The fourth-order valence-corrected chi connectivity index (χ4v) is 2.64. The lowest BCUT2D eigenvalue weighted by molar-refractivity contribution is 0.207. The highest BCUT2D eigenvalue weighted by Gasteiger charge is 2.29. The molecule has 0 aromatic heterocycles.